The summed E-state index contributed by atoms with van der Waals surface area (Å²) in [6.45, 7) is 8.41. The minimum atomic E-state index is 0.167. The zero-order chi connectivity index (χ0) is 10.8. The van der Waals surface area contributed by atoms with Gasteiger partial charge >= 0.3 is 0 Å². The molecule has 0 bridgehead atoms. The quantitative estimate of drug-likeness (QED) is 0.733. The summed E-state index contributed by atoms with van der Waals surface area (Å²) in [5.41, 5.74) is 0.865. The highest BCUT2D eigenvalue weighted by Gasteiger charge is 2.14. The first kappa shape index (κ1) is 11.8. The molecular formula is C11H16OS2. The highest BCUT2D eigenvalue weighted by Crippen LogP contribution is 2.24. The molecule has 1 aromatic rings. The molecule has 0 saturated heterocycles. The molecule has 14 heavy (non-hydrogen) atoms. The summed E-state index contributed by atoms with van der Waals surface area (Å²) in [5.74, 6) is 0.828. The van der Waals surface area contributed by atoms with Crippen LogP contribution in [-0.2, 0) is 0 Å². The van der Waals surface area contributed by atoms with Gasteiger partial charge in [-0.15, -0.1) is 23.1 Å². The normalized spacial score (nSPS) is 11.7. The van der Waals surface area contributed by atoms with Crippen LogP contribution in [0.2, 0.25) is 0 Å². The fourth-order valence-corrected chi connectivity index (χ4v) is 2.39. The molecule has 0 aliphatic rings. The molecule has 1 aromatic heterocycles. The minimum Gasteiger partial charge on any atom is -0.293 e. The van der Waals surface area contributed by atoms with E-state index in [0.717, 1.165) is 5.56 Å². The monoisotopic (exact) mass is 228 g/mol. The van der Waals surface area contributed by atoms with Gasteiger partial charge in [-0.1, -0.05) is 20.8 Å². The summed E-state index contributed by atoms with van der Waals surface area (Å²) in [5, 5.41) is 1.95. The Balaban J connectivity index is 2.52. The number of thioether (sulfide) groups is 1. The van der Waals surface area contributed by atoms with Gasteiger partial charge in [0.2, 0.25) is 0 Å². The van der Waals surface area contributed by atoms with Crippen molar-refractivity contribution in [2.45, 2.75) is 32.4 Å². The van der Waals surface area contributed by atoms with Crippen molar-refractivity contribution < 1.29 is 4.79 Å². The lowest BCUT2D eigenvalue weighted by atomic mass is 10.2. The van der Waals surface area contributed by atoms with Gasteiger partial charge < -0.3 is 0 Å². The van der Waals surface area contributed by atoms with Crippen LogP contribution < -0.4 is 0 Å². The van der Waals surface area contributed by atoms with Crippen LogP contribution in [0.25, 0.3) is 0 Å². The van der Waals surface area contributed by atoms with Crippen molar-refractivity contribution >= 4 is 28.9 Å². The Labute approximate surface area is 93.9 Å². The highest BCUT2D eigenvalue weighted by molar-refractivity contribution is 8.01. The van der Waals surface area contributed by atoms with Crippen LogP contribution in [0.5, 0.6) is 0 Å². The van der Waals surface area contributed by atoms with Gasteiger partial charge in [0.05, 0.1) is 5.75 Å². The molecule has 0 spiro atoms. The second kappa shape index (κ2) is 4.49. The molecule has 0 amide bonds. The number of rotatable bonds is 3. The summed E-state index contributed by atoms with van der Waals surface area (Å²) >= 11 is 3.34. The number of carbonyl (C=O) groups is 1. The molecule has 0 unspecified atom stereocenters. The summed E-state index contributed by atoms with van der Waals surface area (Å²) in [6, 6.07) is 1.97. The van der Waals surface area contributed by atoms with Crippen molar-refractivity contribution in [2.24, 2.45) is 0 Å². The lowest BCUT2D eigenvalue weighted by Gasteiger charge is -2.16. The summed E-state index contributed by atoms with van der Waals surface area (Å²) in [6.07, 6.45) is 0. The Morgan fingerprint density at radius 1 is 1.50 bits per heavy atom. The maximum atomic E-state index is 11.7. The van der Waals surface area contributed by atoms with E-state index in [1.165, 1.54) is 4.88 Å². The molecule has 0 aliphatic carbocycles. The van der Waals surface area contributed by atoms with E-state index in [-0.39, 0.29) is 10.5 Å². The van der Waals surface area contributed by atoms with E-state index in [1.54, 1.807) is 23.1 Å². The zero-order valence-electron chi connectivity index (χ0n) is 9.09. The van der Waals surface area contributed by atoms with Gasteiger partial charge in [0.15, 0.2) is 5.78 Å². The van der Waals surface area contributed by atoms with Crippen molar-refractivity contribution in [3.05, 3.63) is 21.9 Å². The third kappa shape index (κ3) is 3.84. The summed E-state index contributed by atoms with van der Waals surface area (Å²) in [7, 11) is 0. The van der Waals surface area contributed by atoms with Gasteiger partial charge in [0.1, 0.15) is 0 Å². The average Bonchev–Trinajstić information content (AvgIpc) is 2.46. The predicted molar refractivity (Wildman–Crippen MR) is 65.6 cm³/mol. The lowest BCUT2D eigenvalue weighted by Crippen LogP contribution is -2.12. The molecule has 1 rings (SSSR count). The van der Waals surface area contributed by atoms with Gasteiger partial charge in [-0.2, -0.15) is 0 Å². The van der Waals surface area contributed by atoms with E-state index < -0.39 is 0 Å². The first-order valence-electron chi connectivity index (χ1n) is 4.61. The largest absolute Gasteiger partial charge is 0.293 e. The van der Waals surface area contributed by atoms with Crippen LogP contribution >= 0.6 is 23.1 Å². The molecule has 0 aliphatic heterocycles. The van der Waals surface area contributed by atoms with Gasteiger partial charge in [-0.25, -0.2) is 0 Å². The number of hydrogen-bond acceptors (Lipinski definition) is 3. The molecule has 1 heterocycles. The van der Waals surface area contributed by atoms with E-state index in [1.807, 2.05) is 18.4 Å². The predicted octanol–water partition coefficient (Wildman–Crippen LogP) is 3.77. The third-order valence-corrected chi connectivity index (χ3v) is 3.82. The van der Waals surface area contributed by atoms with Crippen LogP contribution in [0, 0.1) is 6.92 Å². The third-order valence-electron chi connectivity index (χ3n) is 1.69. The van der Waals surface area contributed by atoms with Gasteiger partial charge in [-0.3, -0.25) is 4.79 Å². The maximum Gasteiger partial charge on any atom is 0.173 e. The number of hydrogen-bond donors (Lipinski definition) is 0. The number of aryl methyl sites for hydroxylation is 1. The summed E-state index contributed by atoms with van der Waals surface area (Å²) < 4.78 is 0.167. The average molecular weight is 228 g/mol. The first-order chi connectivity index (χ1) is 6.38. The molecule has 0 atom stereocenters. The maximum absolute atomic E-state index is 11.7. The first-order valence-corrected chi connectivity index (χ1v) is 6.47. The second-order valence-electron chi connectivity index (χ2n) is 4.27. The molecule has 0 aromatic carbocycles. The van der Waals surface area contributed by atoms with Gasteiger partial charge in [0.25, 0.3) is 0 Å². The van der Waals surface area contributed by atoms with Crippen molar-refractivity contribution in [3.63, 3.8) is 0 Å². The number of ketones is 1. The van der Waals surface area contributed by atoms with Crippen molar-refractivity contribution in [2.75, 3.05) is 5.75 Å². The Bertz CT molecular complexity index is 320. The fourth-order valence-electron chi connectivity index (χ4n) is 0.955. The van der Waals surface area contributed by atoms with Crippen LogP contribution in [-0.4, -0.2) is 16.3 Å². The van der Waals surface area contributed by atoms with E-state index in [9.17, 15) is 4.79 Å². The molecule has 3 heteroatoms. The molecule has 1 nitrogen and oxygen atoms in total. The van der Waals surface area contributed by atoms with Crippen LogP contribution in [0.1, 0.15) is 36.0 Å². The topological polar surface area (TPSA) is 17.1 Å². The Hall–Kier alpha value is -0.280. The SMILES string of the molecule is Cc1cc(C(=O)CSC(C)(C)C)cs1. The molecule has 0 N–H and O–H groups in total. The Morgan fingerprint density at radius 2 is 2.14 bits per heavy atom. The molecule has 0 saturated carbocycles. The standard InChI is InChI=1S/C11H16OS2/c1-8-5-9(6-13-8)10(12)7-14-11(2,3)4/h5-6H,7H2,1-4H3. The molecular weight excluding hydrogens is 212 g/mol. The molecule has 0 radical (unpaired) electrons. The lowest BCUT2D eigenvalue weighted by molar-refractivity contribution is 0.102. The van der Waals surface area contributed by atoms with E-state index >= 15 is 0 Å². The highest BCUT2D eigenvalue weighted by atomic mass is 32.2. The van der Waals surface area contributed by atoms with Gasteiger partial charge in [-0.05, 0) is 13.0 Å². The van der Waals surface area contributed by atoms with E-state index in [0.29, 0.717) is 5.75 Å². The number of carbonyl (C=O) groups excluding carboxylic acids is 1. The molecule has 78 valence electrons. The van der Waals surface area contributed by atoms with E-state index in [2.05, 4.69) is 20.8 Å². The van der Waals surface area contributed by atoms with Gasteiger partial charge in [0, 0.05) is 20.6 Å². The van der Waals surface area contributed by atoms with Crippen molar-refractivity contribution in [1.82, 2.24) is 0 Å². The van der Waals surface area contributed by atoms with E-state index in [4.69, 9.17) is 0 Å². The minimum absolute atomic E-state index is 0.167. The van der Waals surface area contributed by atoms with Crippen LogP contribution in [0.4, 0.5) is 0 Å². The van der Waals surface area contributed by atoms with Crippen LogP contribution in [0.3, 0.4) is 0 Å². The zero-order valence-corrected chi connectivity index (χ0v) is 10.7. The molecule has 0 fully saturated rings. The van der Waals surface area contributed by atoms with Crippen LogP contribution in [0.15, 0.2) is 11.4 Å². The number of thiophene rings is 1. The fraction of sp³-hybridized carbons (Fsp3) is 0.545. The Kier molecular flexibility index (Phi) is 3.78. The Morgan fingerprint density at radius 3 is 2.57 bits per heavy atom. The summed E-state index contributed by atoms with van der Waals surface area (Å²) in [4.78, 5) is 12.9. The van der Waals surface area contributed by atoms with Crippen molar-refractivity contribution in [1.29, 1.82) is 0 Å². The smallest absolute Gasteiger partial charge is 0.173 e. The number of Topliss-reactive ketones (excluding diaryl/α,β-unsaturated/α-hetero) is 1. The second-order valence-corrected chi connectivity index (χ2v) is 7.19. The van der Waals surface area contributed by atoms with Crippen molar-refractivity contribution in [3.8, 4) is 0 Å².